The molecule has 0 spiro atoms. The van der Waals surface area contributed by atoms with E-state index < -0.39 is 9.24 Å². The van der Waals surface area contributed by atoms with Gasteiger partial charge in [0.2, 0.25) is 5.91 Å². The second-order valence-electron chi connectivity index (χ2n) is 3.75. The number of hydrogen-bond acceptors (Lipinski definition) is 3. The molecule has 86 valence electrons. The quantitative estimate of drug-likeness (QED) is 0.394. The van der Waals surface area contributed by atoms with Crippen LogP contribution in [-0.4, -0.2) is 34.3 Å². The molecule has 1 saturated heterocycles. The predicted octanol–water partition coefficient (Wildman–Crippen LogP) is 1.62. The molecule has 1 heterocycles. The van der Waals surface area contributed by atoms with Crippen molar-refractivity contribution in [3.8, 4) is 0 Å². The summed E-state index contributed by atoms with van der Waals surface area (Å²) in [5.41, 5.74) is 0. The van der Waals surface area contributed by atoms with Gasteiger partial charge >= 0.3 is 9.24 Å². The summed E-state index contributed by atoms with van der Waals surface area (Å²) in [5, 5.41) is 0. The van der Waals surface area contributed by atoms with E-state index >= 15 is 0 Å². The van der Waals surface area contributed by atoms with E-state index in [4.69, 9.17) is 10.7 Å². The molecule has 1 amide bonds. The Kier molecular flexibility index (Phi) is 3.12. The van der Waals surface area contributed by atoms with E-state index in [9.17, 15) is 13.2 Å². The maximum Gasteiger partial charge on any atom is 0.324 e. The first-order valence-electron chi connectivity index (χ1n) is 4.38. The Morgan fingerprint density at radius 2 is 1.80 bits per heavy atom. The average molecular weight is 381 g/mol. The van der Waals surface area contributed by atoms with Gasteiger partial charge in [0.25, 0.3) is 0 Å². The molecule has 1 aliphatic heterocycles. The van der Waals surface area contributed by atoms with Gasteiger partial charge in [-0.3, -0.25) is 4.79 Å². The third kappa shape index (κ3) is 1.96. The van der Waals surface area contributed by atoms with Crippen LogP contribution in [0.5, 0.6) is 0 Å². The molecule has 8 heteroatoms. The SMILES string of the molecule is O=C1[C@H]2C[C@@H](Br)[C@@H](Br)C[C@@H]2N1S(=O)(=O)Cl. The van der Waals surface area contributed by atoms with E-state index in [2.05, 4.69) is 31.9 Å². The number of fused-ring (bicyclic) bond motifs is 1. The Hall–Kier alpha value is 0.670. The molecule has 0 unspecified atom stereocenters. The number of β-lactam (4-membered cyclic amide) rings is 1. The van der Waals surface area contributed by atoms with Crippen molar-refractivity contribution in [2.75, 3.05) is 0 Å². The molecule has 0 radical (unpaired) electrons. The summed E-state index contributed by atoms with van der Waals surface area (Å²) in [5.74, 6) is -0.574. The van der Waals surface area contributed by atoms with Gasteiger partial charge in [0.1, 0.15) is 0 Å². The lowest BCUT2D eigenvalue weighted by atomic mass is 9.78. The van der Waals surface area contributed by atoms with Crippen molar-refractivity contribution in [2.45, 2.75) is 28.5 Å². The minimum atomic E-state index is -3.91. The van der Waals surface area contributed by atoms with Crippen LogP contribution in [0.4, 0.5) is 0 Å². The minimum absolute atomic E-state index is 0.174. The zero-order valence-corrected chi connectivity index (χ0v) is 12.2. The maximum absolute atomic E-state index is 11.5. The molecular formula is C7H8Br2ClNO3S. The zero-order valence-electron chi connectivity index (χ0n) is 7.44. The highest BCUT2D eigenvalue weighted by molar-refractivity contribution is 9.12. The van der Waals surface area contributed by atoms with Gasteiger partial charge in [-0.2, -0.15) is 8.42 Å². The Bertz CT molecular complexity index is 401. The predicted molar refractivity (Wildman–Crippen MR) is 63.6 cm³/mol. The highest BCUT2D eigenvalue weighted by Crippen LogP contribution is 2.45. The number of carbonyl (C=O) groups excluding carboxylic acids is 1. The molecule has 2 rings (SSSR count). The van der Waals surface area contributed by atoms with Crippen LogP contribution in [0.3, 0.4) is 0 Å². The molecule has 0 aromatic carbocycles. The fourth-order valence-electron chi connectivity index (χ4n) is 2.13. The van der Waals surface area contributed by atoms with E-state index in [0.29, 0.717) is 12.8 Å². The molecule has 0 bridgehead atoms. The van der Waals surface area contributed by atoms with Crippen molar-refractivity contribution < 1.29 is 13.2 Å². The van der Waals surface area contributed by atoms with E-state index in [0.717, 1.165) is 4.31 Å². The summed E-state index contributed by atoms with van der Waals surface area (Å²) in [6.45, 7) is 0. The standard InChI is InChI=1S/C7H8Br2ClNO3S/c8-4-1-3-6(2-5(4)9)11(7(3)12)15(10,13)14/h3-6H,1-2H2/t3-,4+,5-,6-/m0/s1. The first-order valence-corrected chi connectivity index (χ1v) is 8.48. The summed E-state index contributed by atoms with van der Waals surface area (Å²) in [6.07, 6.45) is 1.26. The van der Waals surface area contributed by atoms with Gasteiger partial charge in [-0.1, -0.05) is 31.9 Å². The molecule has 15 heavy (non-hydrogen) atoms. The first kappa shape index (κ1) is 12.1. The number of rotatable bonds is 1. The second-order valence-corrected chi connectivity index (χ2v) is 8.49. The van der Waals surface area contributed by atoms with Crippen molar-refractivity contribution >= 4 is 57.7 Å². The van der Waals surface area contributed by atoms with Gasteiger partial charge in [0.15, 0.2) is 0 Å². The fourth-order valence-corrected chi connectivity index (χ4v) is 4.76. The van der Waals surface area contributed by atoms with Crippen molar-refractivity contribution in [3.05, 3.63) is 0 Å². The largest absolute Gasteiger partial charge is 0.324 e. The zero-order chi connectivity index (χ0) is 11.4. The Labute approximate surface area is 109 Å². The van der Waals surface area contributed by atoms with Crippen LogP contribution in [0.1, 0.15) is 12.8 Å². The Morgan fingerprint density at radius 1 is 1.27 bits per heavy atom. The number of halogens is 3. The van der Waals surface area contributed by atoms with E-state index in [-0.39, 0.29) is 27.5 Å². The molecule has 4 nitrogen and oxygen atoms in total. The van der Waals surface area contributed by atoms with Crippen LogP contribution in [0.15, 0.2) is 0 Å². The molecule has 0 aromatic heterocycles. The van der Waals surface area contributed by atoms with Crippen LogP contribution in [0.25, 0.3) is 0 Å². The van der Waals surface area contributed by atoms with Crippen LogP contribution < -0.4 is 0 Å². The molecule has 4 atom stereocenters. The topological polar surface area (TPSA) is 54.5 Å². The average Bonchev–Trinajstić information content (AvgIpc) is 2.08. The maximum atomic E-state index is 11.5. The Morgan fingerprint density at radius 3 is 2.33 bits per heavy atom. The molecular weight excluding hydrogens is 373 g/mol. The monoisotopic (exact) mass is 379 g/mol. The van der Waals surface area contributed by atoms with Crippen LogP contribution in [0.2, 0.25) is 0 Å². The Balaban J connectivity index is 2.20. The fraction of sp³-hybridized carbons (Fsp3) is 0.857. The molecule has 2 fully saturated rings. The van der Waals surface area contributed by atoms with Crippen molar-refractivity contribution in [2.24, 2.45) is 5.92 Å². The second kappa shape index (κ2) is 3.85. The van der Waals surface area contributed by atoms with Crippen molar-refractivity contribution in [3.63, 3.8) is 0 Å². The minimum Gasteiger partial charge on any atom is -0.273 e. The number of nitrogens with zero attached hydrogens (tertiary/aromatic N) is 1. The summed E-state index contributed by atoms with van der Waals surface area (Å²) >= 11 is 6.90. The van der Waals surface area contributed by atoms with Crippen LogP contribution >= 0.6 is 42.5 Å². The molecule has 1 saturated carbocycles. The molecule has 2 aliphatic rings. The molecule has 0 aromatic rings. The third-order valence-electron chi connectivity index (χ3n) is 2.87. The number of alkyl halides is 2. The number of amides is 1. The van der Waals surface area contributed by atoms with Crippen LogP contribution in [-0.2, 0) is 14.0 Å². The summed E-state index contributed by atoms with van der Waals surface area (Å²) < 4.78 is 23.0. The first-order chi connectivity index (χ1) is 6.82. The van der Waals surface area contributed by atoms with E-state index in [1.807, 2.05) is 0 Å². The van der Waals surface area contributed by atoms with Gasteiger partial charge < -0.3 is 0 Å². The third-order valence-corrected chi connectivity index (χ3v) is 6.97. The summed E-state index contributed by atoms with van der Waals surface area (Å²) in [7, 11) is 1.28. The van der Waals surface area contributed by atoms with Crippen molar-refractivity contribution in [1.82, 2.24) is 4.31 Å². The van der Waals surface area contributed by atoms with Gasteiger partial charge in [0.05, 0.1) is 12.0 Å². The highest BCUT2D eigenvalue weighted by atomic mass is 79.9. The lowest BCUT2D eigenvalue weighted by Gasteiger charge is -2.49. The van der Waals surface area contributed by atoms with Crippen LogP contribution in [0, 0.1) is 5.92 Å². The highest BCUT2D eigenvalue weighted by Gasteiger charge is 2.56. The van der Waals surface area contributed by atoms with Crippen molar-refractivity contribution in [1.29, 1.82) is 0 Å². The smallest absolute Gasteiger partial charge is 0.273 e. The number of hydrogen-bond donors (Lipinski definition) is 0. The normalized spacial score (nSPS) is 41.0. The molecule has 1 aliphatic carbocycles. The van der Waals surface area contributed by atoms with E-state index in [1.54, 1.807) is 0 Å². The van der Waals surface area contributed by atoms with Gasteiger partial charge in [-0.25, -0.2) is 4.31 Å². The van der Waals surface area contributed by atoms with Gasteiger partial charge in [-0.15, -0.1) is 0 Å². The number of carbonyl (C=O) groups is 1. The lowest BCUT2D eigenvalue weighted by Crippen LogP contribution is -2.65. The summed E-state index contributed by atoms with van der Waals surface area (Å²) in [4.78, 5) is 11.9. The summed E-state index contributed by atoms with van der Waals surface area (Å²) in [6, 6.07) is -0.266. The molecule has 0 N–H and O–H groups in total. The van der Waals surface area contributed by atoms with Gasteiger partial charge in [0, 0.05) is 20.3 Å². The van der Waals surface area contributed by atoms with Gasteiger partial charge in [-0.05, 0) is 12.8 Å². The lowest BCUT2D eigenvalue weighted by molar-refractivity contribution is -0.148. The van der Waals surface area contributed by atoms with E-state index in [1.165, 1.54) is 0 Å².